The van der Waals surface area contributed by atoms with E-state index in [1.807, 2.05) is 0 Å². The molecule has 0 saturated carbocycles. The SMILES string of the molecule is CCCCCCCCCCCCOS(=O)(=O)OCC(O)CO.[K]. The first-order valence-corrected chi connectivity index (χ1v) is 9.68. The van der Waals surface area contributed by atoms with Crippen LogP contribution < -0.4 is 0 Å². The molecule has 0 aromatic rings. The first kappa shape index (κ1) is 26.7. The van der Waals surface area contributed by atoms with Gasteiger partial charge in [-0.25, -0.2) is 8.37 Å². The minimum atomic E-state index is -4.07. The molecule has 6 nitrogen and oxygen atoms in total. The van der Waals surface area contributed by atoms with Gasteiger partial charge in [-0.2, -0.15) is 8.42 Å². The summed E-state index contributed by atoms with van der Waals surface area (Å²) in [5.74, 6) is 0. The normalized spacial score (nSPS) is 12.8. The van der Waals surface area contributed by atoms with Gasteiger partial charge in [-0.15, -0.1) is 0 Å². The maximum Gasteiger partial charge on any atom is 0.399 e. The first-order valence-electron chi connectivity index (χ1n) is 8.34. The summed E-state index contributed by atoms with van der Waals surface area (Å²) in [5, 5.41) is 17.5. The van der Waals surface area contributed by atoms with Crippen molar-refractivity contribution in [1.29, 1.82) is 0 Å². The number of rotatable bonds is 16. The molecule has 1 radical (unpaired) electrons. The molecule has 0 saturated heterocycles. The molecular weight excluding hydrogens is 347 g/mol. The largest absolute Gasteiger partial charge is 0.399 e. The summed E-state index contributed by atoms with van der Waals surface area (Å²) in [5.41, 5.74) is 0. The van der Waals surface area contributed by atoms with E-state index < -0.39 is 29.7 Å². The second kappa shape index (κ2) is 18.2. The fraction of sp³-hybridized carbons (Fsp3) is 1.00. The van der Waals surface area contributed by atoms with Gasteiger partial charge in [0.25, 0.3) is 0 Å². The molecule has 135 valence electrons. The molecule has 0 fully saturated rings. The van der Waals surface area contributed by atoms with E-state index >= 15 is 0 Å². The van der Waals surface area contributed by atoms with Crippen LogP contribution in [0.3, 0.4) is 0 Å². The van der Waals surface area contributed by atoms with Crippen LogP contribution in [0.2, 0.25) is 0 Å². The van der Waals surface area contributed by atoms with Crippen LogP contribution in [0.1, 0.15) is 71.1 Å². The first-order chi connectivity index (χ1) is 10.5. The van der Waals surface area contributed by atoms with Crippen LogP contribution in [0.15, 0.2) is 0 Å². The van der Waals surface area contributed by atoms with Gasteiger partial charge in [-0.3, -0.25) is 0 Å². The number of unbranched alkanes of at least 4 members (excludes halogenated alkanes) is 9. The van der Waals surface area contributed by atoms with E-state index in [9.17, 15) is 8.42 Å². The molecule has 1 unspecified atom stereocenters. The number of hydrogen-bond acceptors (Lipinski definition) is 6. The molecule has 0 spiro atoms. The van der Waals surface area contributed by atoms with Gasteiger partial charge in [0.15, 0.2) is 0 Å². The fourth-order valence-electron chi connectivity index (χ4n) is 2.00. The van der Waals surface area contributed by atoms with Crippen LogP contribution in [0.5, 0.6) is 0 Å². The Balaban J connectivity index is 0. The third-order valence-corrected chi connectivity index (χ3v) is 4.22. The van der Waals surface area contributed by atoms with Crippen molar-refractivity contribution in [1.82, 2.24) is 0 Å². The van der Waals surface area contributed by atoms with E-state index in [4.69, 9.17) is 10.2 Å². The molecular formula is C15H32KO6S. The maximum absolute atomic E-state index is 11.3. The molecule has 0 amide bonds. The molecule has 0 bridgehead atoms. The molecule has 0 aliphatic rings. The van der Waals surface area contributed by atoms with Gasteiger partial charge in [0, 0.05) is 51.4 Å². The zero-order valence-corrected chi connectivity index (χ0v) is 18.6. The van der Waals surface area contributed by atoms with Crippen LogP contribution in [0, 0.1) is 0 Å². The summed E-state index contributed by atoms with van der Waals surface area (Å²) in [6, 6.07) is 0. The van der Waals surface area contributed by atoms with Crippen molar-refractivity contribution in [3.63, 3.8) is 0 Å². The maximum atomic E-state index is 11.3. The molecule has 0 rings (SSSR count). The molecule has 23 heavy (non-hydrogen) atoms. The Kier molecular flexibility index (Phi) is 21.1. The van der Waals surface area contributed by atoms with Gasteiger partial charge >= 0.3 is 10.4 Å². The van der Waals surface area contributed by atoms with Crippen LogP contribution in [0.4, 0.5) is 0 Å². The monoisotopic (exact) mass is 379 g/mol. The molecule has 1 atom stereocenters. The average Bonchev–Trinajstić information content (AvgIpc) is 2.50. The molecule has 0 aromatic heterocycles. The number of aliphatic hydroxyl groups excluding tert-OH is 2. The molecule has 8 heteroatoms. The summed E-state index contributed by atoms with van der Waals surface area (Å²) in [6.45, 7) is 1.26. The second-order valence-electron chi connectivity index (χ2n) is 5.53. The van der Waals surface area contributed by atoms with Gasteiger partial charge in [-0.1, -0.05) is 64.7 Å². The van der Waals surface area contributed by atoms with E-state index in [1.54, 1.807) is 0 Å². The van der Waals surface area contributed by atoms with Crippen molar-refractivity contribution in [2.45, 2.75) is 77.2 Å². The Morgan fingerprint density at radius 3 is 1.83 bits per heavy atom. The number of hydrogen-bond donors (Lipinski definition) is 2. The van der Waals surface area contributed by atoms with Crippen molar-refractivity contribution in [3.05, 3.63) is 0 Å². The quantitative estimate of drug-likeness (QED) is 0.315. The minimum absolute atomic E-state index is 0. The minimum Gasteiger partial charge on any atom is -0.394 e. The van der Waals surface area contributed by atoms with Gasteiger partial charge in [-0.05, 0) is 6.42 Å². The summed E-state index contributed by atoms with van der Waals surface area (Å²) >= 11 is 0. The van der Waals surface area contributed by atoms with Crippen molar-refractivity contribution in [3.8, 4) is 0 Å². The second-order valence-corrected chi connectivity index (χ2v) is 6.82. The third kappa shape index (κ3) is 19.6. The Morgan fingerprint density at radius 2 is 1.35 bits per heavy atom. The smallest absolute Gasteiger partial charge is 0.394 e. The fourth-order valence-corrected chi connectivity index (χ4v) is 2.71. The van der Waals surface area contributed by atoms with Gasteiger partial charge < -0.3 is 10.2 Å². The van der Waals surface area contributed by atoms with Crippen molar-refractivity contribution in [2.75, 3.05) is 19.8 Å². The van der Waals surface area contributed by atoms with Gasteiger partial charge in [0.05, 0.1) is 19.8 Å². The van der Waals surface area contributed by atoms with Gasteiger partial charge in [0.1, 0.15) is 6.10 Å². The van der Waals surface area contributed by atoms with E-state index in [0.29, 0.717) is 6.42 Å². The van der Waals surface area contributed by atoms with Crippen LogP contribution >= 0.6 is 0 Å². The summed E-state index contributed by atoms with van der Waals surface area (Å²) in [4.78, 5) is 0. The van der Waals surface area contributed by atoms with E-state index in [2.05, 4.69) is 15.3 Å². The zero-order valence-electron chi connectivity index (χ0n) is 14.7. The summed E-state index contributed by atoms with van der Waals surface area (Å²) in [6.07, 6.45) is 10.4. The van der Waals surface area contributed by atoms with Crippen LogP contribution in [-0.2, 0) is 18.8 Å². The Hall–Kier alpha value is 1.43. The average molecular weight is 380 g/mol. The van der Waals surface area contributed by atoms with Crippen LogP contribution in [-0.4, -0.2) is 95.9 Å². The van der Waals surface area contributed by atoms with Crippen molar-refractivity contribution >= 4 is 61.8 Å². The molecule has 0 aromatic carbocycles. The Labute approximate surface area is 184 Å². The van der Waals surface area contributed by atoms with Crippen molar-refractivity contribution in [2.24, 2.45) is 0 Å². The van der Waals surface area contributed by atoms with E-state index in [0.717, 1.165) is 12.8 Å². The molecule has 0 heterocycles. The Morgan fingerprint density at radius 1 is 0.870 bits per heavy atom. The predicted molar refractivity (Wildman–Crippen MR) is 91.5 cm³/mol. The molecule has 0 aliphatic carbocycles. The zero-order chi connectivity index (χ0) is 16.7. The standard InChI is InChI=1S/C15H32O6S.K/c1-2-3-4-5-6-7-8-9-10-11-12-20-22(18,19)21-14-15(17)13-16;/h15-17H,2-14H2,1H3;. The predicted octanol–water partition coefficient (Wildman–Crippen LogP) is 2.16. The topological polar surface area (TPSA) is 93.1 Å². The van der Waals surface area contributed by atoms with E-state index in [1.165, 1.54) is 44.9 Å². The number of aliphatic hydroxyl groups is 2. The van der Waals surface area contributed by atoms with Crippen LogP contribution in [0.25, 0.3) is 0 Å². The molecule has 2 N–H and O–H groups in total. The summed E-state index contributed by atoms with van der Waals surface area (Å²) in [7, 11) is -4.07. The van der Waals surface area contributed by atoms with Gasteiger partial charge in [0.2, 0.25) is 0 Å². The Bertz CT molecular complexity index is 337. The third-order valence-electron chi connectivity index (χ3n) is 3.34. The molecule has 0 aliphatic heterocycles. The van der Waals surface area contributed by atoms with Crippen molar-refractivity contribution < 1.29 is 27.0 Å². The summed E-state index contributed by atoms with van der Waals surface area (Å²) < 4.78 is 31.6. The van der Waals surface area contributed by atoms with E-state index in [-0.39, 0.29) is 58.0 Å².